The minimum Gasteiger partial charge on any atom is -0.390 e. The predicted molar refractivity (Wildman–Crippen MR) is 40.4 cm³/mol. The monoisotopic (exact) mass is 130 g/mol. The number of rotatable bonds is 3. The fraction of sp³-hybridized carbons (Fsp3) is 1.00. The summed E-state index contributed by atoms with van der Waals surface area (Å²) >= 11 is 0. The summed E-state index contributed by atoms with van der Waals surface area (Å²) in [7, 11) is 0. The van der Waals surface area contributed by atoms with Gasteiger partial charge in [-0.1, -0.05) is 20.3 Å². The molecule has 0 aromatic rings. The molecular weight excluding hydrogens is 112 g/mol. The molecule has 1 nitrogen and oxygen atoms in total. The van der Waals surface area contributed by atoms with Crippen LogP contribution in [0.2, 0.25) is 0 Å². The van der Waals surface area contributed by atoms with E-state index in [0.717, 1.165) is 12.8 Å². The van der Waals surface area contributed by atoms with Crippen molar-refractivity contribution in [3.05, 3.63) is 0 Å². The van der Waals surface area contributed by atoms with Gasteiger partial charge in [-0.2, -0.15) is 0 Å². The SMILES string of the molecule is CC[C@@H](C)CC(C)(C)O. The molecule has 0 aliphatic heterocycles. The average Bonchev–Trinajstić information content (AvgIpc) is 1.62. The van der Waals surface area contributed by atoms with Gasteiger partial charge in [0.1, 0.15) is 0 Å². The van der Waals surface area contributed by atoms with E-state index < -0.39 is 5.60 Å². The van der Waals surface area contributed by atoms with Crippen LogP contribution in [0.4, 0.5) is 0 Å². The molecule has 0 saturated heterocycles. The Labute approximate surface area is 58.1 Å². The Morgan fingerprint density at radius 3 is 2.00 bits per heavy atom. The number of hydrogen-bond donors (Lipinski definition) is 1. The van der Waals surface area contributed by atoms with Crippen molar-refractivity contribution >= 4 is 0 Å². The minimum absolute atomic E-state index is 0.477. The van der Waals surface area contributed by atoms with Crippen molar-refractivity contribution in [2.24, 2.45) is 5.92 Å². The van der Waals surface area contributed by atoms with Gasteiger partial charge in [-0.3, -0.25) is 0 Å². The Hall–Kier alpha value is -0.0400. The first kappa shape index (κ1) is 8.96. The number of hydrogen-bond acceptors (Lipinski definition) is 1. The molecule has 0 saturated carbocycles. The summed E-state index contributed by atoms with van der Waals surface area (Å²) in [4.78, 5) is 0. The van der Waals surface area contributed by atoms with Crippen LogP contribution in [-0.2, 0) is 0 Å². The maximum atomic E-state index is 9.32. The van der Waals surface area contributed by atoms with Gasteiger partial charge < -0.3 is 5.11 Å². The highest BCUT2D eigenvalue weighted by Crippen LogP contribution is 2.17. The molecule has 0 radical (unpaired) electrons. The Bertz CT molecular complexity index is 71.1. The third kappa shape index (κ3) is 5.84. The van der Waals surface area contributed by atoms with Crippen molar-refractivity contribution in [2.75, 3.05) is 0 Å². The fourth-order valence-electron chi connectivity index (χ4n) is 0.997. The zero-order valence-corrected chi connectivity index (χ0v) is 6.94. The Morgan fingerprint density at radius 2 is 1.89 bits per heavy atom. The molecule has 0 heterocycles. The zero-order valence-electron chi connectivity index (χ0n) is 6.94. The van der Waals surface area contributed by atoms with Gasteiger partial charge in [0.25, 0.3) is 0 Å². The van der Waals surface area contributed by atoms with Gasteiger partial charge in [-0.15, -0.1) is 0 Å². The molecule has 0 unspecified atom stereocenters. The zero-order chi connectivity index (χ0) is 7.49. The Kier molecular flexibility index (Phi) is 3.20. The molecule has 0 rings (SSSR count). The lowest BCUT2D eigenvalue weighted by Gasteiger charge is -2.20. The van der Waals surface area contributed by atoms with Crippen molar-refractivity contribution < 1.29 is 5.11 Å². The lowest BCUT2D eigenvalue weighted by atomic mass is 9.93. The maximum Gasteiger partial charge on any atom is 0.0594 e. The first-order valence-electron chi connectivity index (χ1n) is 3.68. The summed E-state index contributed by atoms with van der Waals surface area (Å²) < 4.78 is 0. The van der Waals surface area contributed by atoms with Gasteiger partial charge >= 0.3 is 0 Å². The topological polar surface area (TPSA) is 20.2 Å². The molecule has 0 bridgehead atoms. The summed E-state index contributed by atoms with van der Waals surface area (Å²) in [5.74, 6) is 0.644. The van der Waals surface area contributed by atoms with Crippen molar-refractivity contribution in [1.29, 1.82) is 0 Å². The van der Waals surface area contributed by atoms with Crippen LogP contribution in [0.25, 0.3) is 0 Å². The average molecular weight is 130 g/mol. The van der Waals surface area contributed by atoms with Crippen LogP contribution in [0.3, 0.4) is 0 Å². The molecule has 0 spiro atoms. The summed E-state index contributed by atoms with van der Waals surface area (Å²) in [5, 5.41) is 9.32. The molecule has 1 heteroatoms. The molecule has 0 aliphatic carbocycles. The quantitative estimate of drug-likeness (QED) is 0.621. The van der Waals surface area contributed by atoms with E-state index in [1.165, 1.54) is 0 Å². The highest BCUT2D eigenvalue weighted by Gasteiger charge is 2.15. The third-order valence-corrected chi connectivity index (χ3v) is 1.54. The van der Waals surface area contributed by atoms with Crippen LogP contribution in [0, 0.1) is 5.92 Å². The van der Waals surface area contributed by atoms with Gasteiger partial charge in [-0.05, 0) is 26.2 Å². The molecule has 9 heavy (non-hydrogen) atoms. The van der Waals surface area contributed by atoms with Crippen LogP contribution in [0.15, 0.2) is 0 Å². The van der Waals surface area contributed by atoms with Crippen LogP contribution in [-0.4, -0.2) is 10.7 Å². The van der Waals surface area contributed by atoms with Crippen LogP contribution in [0.5, 0.6) is 0 Å². The van der Waals surface area contributed by atoms with E-state index in [4.69, 9.17) is 0 Å². The summed E-state index contributed by atoms with van der Waals surface area (Å²) in [6.45, 7) is 8.03. The predicted octanol–water partition coefficient (Wildman–Crippen LogP) is 2.19. The van der Waals surface area contributed by atoms with Crippen molar-refractivity contribution in [3.63, 3.8) is 0 Å². The first-order chi connectivity index (χ1) is 3.95. The molecular formula is C8H18O. The molecule has 1 N–H and O–H groups in total. The molecule has 1 atom stereocenters. The van der Waals surface area contributed by atoms with E-state index in [-0.39, 0.29) is 0 Å². The van der Waals surface area contributed by atoms with E-state index in [1.807, 2.05) is 13.8 Å². The van der Waals surface area contributed by atoms with Crippen molar-refractivity contribution in [1.82, 2.24) is 0 Å². The van der Waals surface area contributed by atoms with E-state index in [9.17, 15) is 5.11 Å². The third-order valence-electron chi connectivity index (χ3n) is 1.54. The highest BCUT2D eigenvalue weighted by molar-refractivity contribution is 4.67. The molecule has 56 valence electrons. The second-order valence-electron chi connectivity index (χ2n) is 3.53. The smallest absolute Gasteiger partial charge is 0.0594 e. The van der Waals surface area contributed by atoms with Crippen molar-refractivity contribution in [3.8, 4) is 0 Å². The van der Waals surface area contributed by atoms with Crippen LogP contribution >= 0.6 is 0 Å². The molecule has 0 aromatic heterocycles. The van der Waals surface area contributed by atoms with Gasteiger partial charge in [0.05, 0.1) is 5.60 Å². The van der Waals surface area contributed by atoms with Gasteiger partial charge in [0.15, 0.2) is 0 Å². The first-order valence-corrected chi connectivity index (χ1v) is 3.68. The number of aliphatic hydroxyl groups is 1. The van der Waals surface area contributed by atoms with E-state index in [0.29, 0.717) is 5.92 Å². The molecule has 0 aromatic carbocycles. The van der Waals surface area contributed by atoms with Crippen molar-refractivity contribution in [2.45, 2.75) is 46.1 Å². The van der Waals surface area contributed by atoms with E-state index in [2.05, 4.69) is 13.8 Å². The standard InChI is InChI=1S/C8H18O/c1-5-7(2)6-8(3,4)9/h7,9H,5-6H2,1-4H3/t7-/m1/s1. The lowest BCUT2D eigenvalue weighted by molar-refractivity contribution is 0.0547. The minimum atomic E-state index is -0.477. The fourth-order valence-corrected chi connectivity index (χ4v) is 0.997. The highest BCUT2D eigenvalue weighted by atomic mass is 16.3. The molecule has 0 amide bonds. The Balaban J connectivity index is 3.47. The van der Waals surface area contributed by atoms with Gasteiger partial charge in [-0.25, -0.2) is 0 Å². The second kappa shape index (κ2) is 3.21. The van der Waals surface area contributed by atoms with E-state index in [1.54, 1.807) is 0 Å². The summed E-state index contributed by atoms with van der Waals surface area (Å²) in [6, 6.07) is 0. The molecule has 0 aliphatic rings. The molecule has 0 fully saturated rings. The summed E-state index contributed by atoms with van der Waals surface area (Å²) in [5.41, 5.74) is -0.477. The summed E-state index contributed by atoms with van der Waals surface area (Å²) in [6.07, 6.45) is 2.06. The Morgan fingerprint density at radius 1 is 1.44 bits per heavy atom. The largest absolute Gasteiger partial charge is 0.390 e. The van der Waals surface area contributed by atoms with Gasteiger partial charge in [0.2, 0.25) is 0 Å². The van der Waals surface area contributed by atoms with Gasteiger partial charge in [0, 0.05) is 0 Å². The maximum absolute atomic E-state index is 9.32. The van der Waals surface area contributed by atoms with Crippen LogP contribution < -0.4 is 0 Å². The lowest BCUT2D eigenvalue weighted by Crippen LogP contribution is -2.21. The van der Waals surface area contributed by atoms with E-state index >= 15 is 0 Å². The normalized spacial score (nSPS) is 15.7. The second-order valence-corrected chi connectivity index (χ2v) is 3.53. The van der Waals surface area contributed by atoms with Crippen LogP contribution in [0.1, 0.15) is 40.5 Å².